The summed E-state index contributed by atoms with van der Waals surface area (Å²) in [6.45, 7) is 5.19. The summed E-state index contributed by atoms with van der Waals surface area (Å²) in [7, 11) is 0. The van der Waals surface area contributed by atoms with Crippen molar-refractivity contribution in [3.05, 3.63) is 35.9 Å². The standard InChI is InChI=1S/C17H26N2O/c1-3-5-12-15-17(20)19(13-6-4-2)16(18-15)14-10-8-7-9-11-14/h7-11,15-16,18H,3-6,12-13H2,1-2H3. The largest absolute Gasteiger partial charge is 0.322 e. The molecule has 1 saturated heterocycles. The van der Waals surface area contributed by atoms with Crippen LogP contribution in [0.25, 0.3) is 0 Å². The molecule has 3 nitrogen and oxygen atoms in total. The fourth-order valence-corrected chi connectivity index (χ4v) is 2.77. The lowest BCUT2D eigenvalue weighted by atomic mass is 10.1. The van der Waals surface area contributed by atoms with Crippen LogP contribution in [0.2, 0.25) is 0 Å². The highest BCUT2D eigenvalue weighted by Crippen LogP contribution is 2.27. The second-order valence-electron chi connectivity index (χ2n) is 5.56. The molecule has 1 fully saturated rings. The molecule has 0 aromatic heterocycles. The van der Waals surface area contributed by atoms with Crippen LogP contribution in [0.15, 0.2) is 30.3 Å². The number of amides is 1. The first kappa shape index (κ1) is 15.0. The lowest BCUT2D eigenvalue weighted by Crippen LogP contribution is -2.32. The summed E-state index contributed by atoms with van der Waals surface area (Å²) < 4.78 is 0. The van der Waals surface area contributed by atoms with Crippen LogP contribution >= 0.6 is 0 Å². The second kappa shape index (κ2) is 7.44. The van der Waals surface area contributed by atoms with E-state index in [0.29, 0.717) is 0 Å². The van der Waals surface area contributed by atoms with Crippen LogP contribution in [0.1, 0.15) is 57.7 Å². The zero-order valence-corrected chi connectivity index (χ0v) is 12.6. The highest BCUT2D eigenvalue weighted by atomic mass is 16.2. The number of rotatable bonds is 7. The predicted octanol–water partition coefficient (Wildman–Crippen LogP) is 3.48. The molecular formula is C17H26N2O. The number of carbonyl (C=O) groups excluding carboxylic acids is 1. The molecule has 0 radical (unpaired) electrons. The van der Waals surface area contributed by atoms with Crippen LogP contribution in [-0.2, 0) is 4.79 Å². The number of hydrogen-bond acceptors (Lipinski definition) is 2. The Morgan fingerprint density at radius 3 is 2.45 bits per heavy atom. The van der Waals surface area contributed by atoms with Gasteiger partial charge in [0.1, 0.15) is 6.17 Å². The molecular weight excluding hydrogens is 248 g/mol. The first-order chi connectivity index (χ1) is 9.77. The van der Waals surface area contributed by atoms with E-state index in [1.165, 1.54) is 5.56 Å². The highest BCUT2D eigenvalue weighted by Gasteiger charge is 2.38. The SMILES string of the molecule is CCCCC1NC(c2ccccc2)N(CCCC)C1=O. The van der Waals surface area contributed by atoms with Crippen LogP contribution in [0, 0.1) is 0 Å². The van der Waals surface area contributed by atoms with Gasteiger partial charge in [-0.15, -0.1) is 0 Å². The monoisotopic (exact) mass is 274 g/mol. The van der Waals surface area contributed by atoms with E-state index in [-0.39, 0.29) is 18.1 Å². The molecule has 2 rings (SSSR count). The third-order valence-corrected chi connectivity index (χ3v) is 3.97. The lowest BCUT2D eigenvalue weighted by molar-refractivity contribution is -0.130. The summed E-state index contributed by atoms with van der Waals surface area (Å²) in [6, 6.07) is 10.3. The van der Waals surface area contributed by atoms with E-state index in [4.69, 9.17) is 0 Å². The van der Waals surface area contributed by atoms with Gasteiger partial charge in [0.25, 0.3) is 0 Å². The summed E-state index contributed by atoms with van der Waals surface area (Å²) in [5, 5.41) is 3.53. The Balaban J connectivity index is 2.13. The summed E-state index contributed by atoms with van der Waals surface area (Å²) in [6.07, 6.45) is 5.42. The summed E-state index contributed by atoms with van der Waals surface area (Å²) in [4.78, 5) is 14.6. The third-order valence-electron chi connectivity index (χ3n) is 3.97. The Kier molecular flexibility index (Phi) is 5.60. The molecule has 2 unspecified atom stereocenters. The van der Waals surface area contributed by atoms with E-state index in [1.54, 1.807) is 0 Å². The van der Waals surface area contributed by atoms with Crippen molar-refractivity contribution in [2.45, 2.75) is 58.2 Å². The Morgan fingerprint density at radius 2 is 1.80 bits per heavy atom. The normalized spacial score (nSPS) is 22.5. The van der Waals surface area contributed by atoms with Crippen LogP contribution in [0.4, 0.5) is 0 Å². The number of hydrogen-bond donors (Lipinski definition) is 1. The molecule has 1 aromatic rings. The molecule has 0 aliphatic carbocycles. The number of nitrogens with one attached hydrogen (secondary N) is 1. The van der Waals surface area contributed by atoms with Crippen LogP contribution in [-0.4, -0.2) is 23.4 Å². The molecule has 0 spiro atoms. The quantitative estimate of drug-likeness (QED) is 0.825. The minimum absolute atomic E-state index is 0.00277. The smallest absolute Gasteiger partial charge is 0.241 e. The van der Waals surface area contributed by atoms with E-state index in [9.17, 15) is 4.79 Å². The number of benzene rings is 1. The molecule has 0 saturated carbocycles. The van der Waals surface area contributed by atoms with Gasteiger partial charge in [-0.1, -0.05) is 63.4 Å². The van der Waals surface area contributed by atoms with Gasteiger partial charge in [0, 0.05) is 6.54 Å². The van der Waals surface area contributed by atoms with Crippen molar-refractivity contribution in [3.63, 3.8) is 0 Å². The van der Waals surface area contributed by atoms with Crippen molar-refractivity contribution in [2.75, 3.05) is 6.54 Å². The molecule has 1 aromatic carbocycles. The Morgan fingerprint density at radius 1 is 1.10 bits per heavy atom. The Bertz CT molecular complexity index is 418. The molecule has 2 atom stereocenters. The molecule has 1 aliphatic rings. The Labute approximate surface area is 122 Å². The van der Waals surface area contributed by atoms with Crippen molar-refractivity contribution in [2.24, 2.45) is 0 Å². The molecule has 110 valence electrons. The average molecular weight is 274 g/mol. The van der Waals surface area contributed by atoms with Crippen LogP contribution in [0.3, 0.4) is 0 Å². The van der Waals surface area contributed by atoms with Crippen LogP contribution < -0.4 is 5.32 Å². The summed E-state index contributed by atoms with van der Waals surface area (Å²) in [5.74, 6) is 0.278. The molecule has 1 heterocycles. The van der Waals surface area contributed by atoms with Gasteiger partial charge in [-0.25, -0.2) is 0 Å². The van der Waals surface area contributed by atoms with Crippen molar-refractivity contribution in [1.82, 2.24) is 10.2 Å². The van der Waals surface area contributed by atoms with E-state index < -0.39 is 0 Å². The second-order valence-corrected chi connectivity index (χ2v) is 5.56. The highest BCUT2D eigenvalue weighted by molar-refractivity contribution is 5.84. The average Bonchev–Trinajstić information content (AvgIpc) is 2.80. The van der Waals surface area contributed by atoms with Gasteiger partial charge in [0.05, 0.1) is 6.04 Å². The lowest BCUT2D eigenvalue weighted by Gasteiger charge is -2.24. The first-order valence-electron chi connectivity index (χ1n) is 7.89. The van der Waals surface area contributed by atoms with E-state index in [0.717, 1.165) is 38.6 Å². The third kappa shape index (κ3) is 3.40. The summed E-state index contributed by atoms with van der Waals surface area (Å²) >= 11 is 0. The number of unbranched alkanes of at least 4 members (excludes halogenated alkanes) is 2. The minimum Gasteiger partial charge on any atom is -0.322 e. The minimum atomic E-state index is -0.00277. The zero-order valence-electron chi connectivity index (χ0n) is 12.6. The molecule has 3 heteroatoms. The van der Waals surface area contributed by atoms with Gasteiger partial charge >= 0.3 is 0 Å². The van der Waals surface area contributed by atoms with Crippen molar-refractivity contribution >= 4 is 5.91 Å². The van der Waals surface area contributed by atoms with Gasteiger partial charge in [0.15, 0.2) is 0 Å². The fourth-order valence-electron chi connectivity index (χ4n) is 2.77. The molecule has 20 heavy (non-hydrogen) atoms. The van der Waals surface area contributed by atoms with Crippen molar-refractivity contribution in [3.8, 4) is 0 Å². The Hall–Kier alpha value is -1.35. The maximum absolute atomic E-state index is 12.6. The topological polar surface area (TPSA) is 32.3 Å². The van der Waals surface area contributed by atoms with Gasteiger partial charge in [-0.2, -0.15) is 0 Å². The maximum atomic E-state index is 12.6. The van der Waals surface area contributed by atoms with Gasteiger partial charge in [-0.3, -0.25) is 10.1 Å². The zero-order chi connectivity index (χ0) is 14.4. The van der Waals surface area contributed by atoms with E-state index >= 15 is 0 Å². The fraction of sp³-hybridized carbons (Fsp3) is 0.588. The maximum Gasteiger partial charge on any atom is 0.241 e. The van der Waals surface area contributed by atoms with E-state index in [1.807, 2.05) is 23.1 Å². The molecule has 1 amide bonds. The van der Waals surface area contributed by atoms with Crippen molar-refractivity contribution < 1.29 is 4.79 Å². The molecule has 1 N–H and O–H groups in total. The van der Waals surface area contributed by atoms with Gasteiger partial charge in [0.2, 0.25) is 5.91 Å². The molecule has 1 aliphatic heterocycles. The van der Waals surface area contributed by atoms with Gasteiger partial charge < -0.3 is 4.90 Å². The van der Waals surface area contributed by atoms with E-state index in [2.05, 4.69) is 31.3 Å². The molecule has 0 bridgehead atoms. The van der Waals surface area contributed by atoms with Crippen molar-refractivity contribution in [1.29, 1.82) is 0 Å². The summed E-state index contributed by atoms with van der Waals surface area (Å²) in [5.41, 5.74) is 1.19. The van der Waals surface area contributed by atoms with Crippen LogP contribution in [0.5, 0.6) is 0 Å². The predicted molar refractivity (Wildman–Crippen MR) is 82.3 cm³/mol. The number of carbonyl (C=O) groups is 1. The first-order valence-corrected chi connectivity index (χ1v) is 7.89. The number of nitrogens with zero attached hydrogens (tertiary/aromatic N) is 1. The van der Waals surface area contributed by atoms with Gasteiger partial charge in [-0.05, 0) is 18.4 Å².